The lowest BCUT2D eigenvalue weighted by Crippen LogP contribution is -2.23. The van der Waals surface area contributed by atoms with Crippen molar-refractivity contribution < 1.29 is 14.3 Å². The summed E-state index contributed by atoms with van der Waals surface area (Å²) in [6.45, 7) is 1.77. The van der Waals surface area contributed by atoms with E-state index in [1.54, 1.807) is 30.3 Å². The van der Waals surface area contributed by atoms with Gasteiger partial charge in [0, 0.05) is 24.2 Å². The second-order valence-corrected chi connectivity index (χ2v) is 5.35. The van der Waals surface area contributed by atoms with Crippen molar-refractivity contribution in [2.45, 2.75) is 13.5 Å². The van der Waals surface area contributed by atoms with E-state index in [0.717, 1.165) is 5.56 Å². The van der Waals surface area contributed by atoms with Gasteiger partial charge in [-0.25, -0.2) is 0 Å². The van der Waals surface area contributed by atoms with Gasteiger partial charge < -0.3 is 15.4 Å². The maximum Gasteiger partial charge on any atom is 0.255 e. The lowest BCUT2D eigenvalue weighted by atomic mass is 10.1. The van der Waals surface area contributed by atoms with Crippen molar-refractivity contribution in [3.8, 4) is 5.75 Å². The Kier molecular flexibility index (Phi) is 5.60. The highest BCUT2D eigenvalue weighted by molar-refractivity contribution is 6.31. The molecule has 0 atom stereocenters. The Morgan fingerprint density at radius 2 is 1.96 bits per heavy atom. The summed E-state index contributed by atoms with van der Waals surface area (Å²) < 4.78 is 5.17. The smallest absolute Gasteiger partial charge is 0.255 e. The Morgan fingerprint density at radius 1 is 1.17 bits per heavy atom. The minimum absolute atomic E-state index is 0.144. The van der Waals surface area contributed by atoms with E-state index < -0.39 is 0 Å². The van der Waals surface area contributed by atoms with E-state index in [-0.39, 0.29) is 11.8 Å². The minimum atomic E-state index is -0.283. The standard InChI is InChI=1S/C17H17ClN2O3/c1-11(21)20-14-5-3-4-12(8-14)10-19-17(22)15-9-13(18)6-7-16(15)23-2/h3-9H,10H2,1-2H3,(H,19,22)(H,20,21). The van der Waals surface area contributed by atoms with Gasteiger partial charge in [-0.2, -0.15) is 0 Å². The molecule has 0 bridgehead atoms. The number of carbonyl (C=O) groups excluding carboxylic acids is 2. The van der Waals surface area contributed by atoms with Gasteiger partial charge in [-0.15, -0.1) is 0 Å². The molecule has 2 amide bonds. The van der Waals surface area contributed by atoms with Crippen molar-refractivity contribution in [1.29, 1.82) is 0 Å². The Morgan fingerprint density at radius 3 is 2.65 bits per heavy atom. The van der Waals surface area contributed by atoms with E-state index in [1.165, 1.54) is 14.0 Å². The van der Waals surface area contributed by atoms with Crippen LogP contribution in [0.25, 0.3) is 0 Å². The van der Waals surface area contributed by atoms with Crippen LogP contribution < -0.4 is 15.4 Å². The van der Waals surface area contributed by atoms with Crippen LogP contribution in [-0.2, 0) is 11.3 Å². The molecule has 0 saturated heterocycles. The van der Waals surface area contributed by atoms with Crippen LogP contribution in [0, 0.1) is 0 Å². The quantitative estimate of drug-likeness (QED) is 0.883. The van der Waals surface area contributed by atoms with Gasteiger partial charge in [0.15, 0.2) is 0 Å². The number of hydrogen-bond donors (Lipinski definition) is 2. The molecule has 0 aliphatic rings. The lowest BCUT2D eigenvalue weighted by molar-refractivity contribution is -0.114. The van der Waals surface area contributed by atoms with Crippen LogP contribution in [0.2, 0.25) is 5.02 Å². The number of methoxy groups -OCH3 is 1. The summed E-state index contributed by atoms with van der Waals surface area (Å²) in [5.74, 6) is 0.0306. The van der Waals surface area contributed by atoms with Crippen LogP contribution in [0.5, 0.6) is 5.75 Å². The summed E-state index contributed by atoms with van der Waals surface area (Å²) in [6, 6.07) is 12.1. The van der Waals surface area contributed by atoms with E-state index in [1.807, 2.05) is 12.1 Å². The molecule has 23 heavy (non-hydrogen) atoms. The molecule has 2 aromatic carbocycles. The van der Waals surface area contributed by atoms with Gasteiger partial charge in [-0.05, 0) is 35.9 Å². The van der Waals surface area contributed by atoms with Crippen LogP contribution >= 0.6 is 11.6 Å². The van der Waals surface area contributed by atoms with E-state index in [9.17, 15) is 9.59 Å². The summed E-state index contributed by atoms with van der Waals surface area (Å²) in [6.07, 6.45) is 0. The summed E-state index contributed by atoms with van der Waals surface area (Å²) in [5.41, 5.74) is 1.92. The number of halogens is 1. The largest absolute Gasteiger partial charge is 0.496 e. The Balaban J connectivity index is 2.07. The molecule has 0 unspecified atom stereocenters. The first-order valence-corrected chi connectivity index (χ1v) is 7.35. The highest BCUT2D eigenvalue weighted by Crippen LogP contribution is 2.22. The van der Waals surface area contributed by atoms with E-state index >= 15 is 0 Å². The molecule has 0 saturated carbocycles. The molecule has 5 nitrogen and oxygen atoms in total. The normalized spacial score (nSPS) is 10.0. The monoisotopic (exact) mass is 332 g/mol. The number of ether oxygens (including phenoxy) is 1. The van der Waals surface area contributed by atoms with Gasteiger partial charge in [0.05, 0.1) is 12.7 Å². The average molecular weight is 333 g/mol. The molecular weight excluding hydrogens is 316 g/mol. The number of anilines is 1. The van der Waals surface area contributed by atoms with Gasteiger partial charge in [0.2, 0.25) is 5.91 Å². The molecule has 0 radical (unpaired) electrons. The van der Waals surface area contributed by atoms with Crippen molar-refractivity contribution in [3.63, 3.8) is 0 Å². The van der Waals surface area contributed by atoms with Crippen molar-refractivity contribution in [2.75, 3.05) is 12.4 Å². The first-order valence-electron chi connectivity index (χ1n) is 6.98. The van der Waals surface area contributed by atoms with Crippen LogP contribution in [0.4, 0.5) is 5.69 Å². The number of carbonyl (C=O) groups is 2. The average Bonchev–Trinajstić information content (AvgIpc) is 2.52. The fraction of sp³-hybridized carbons (Fsp3) is 0.176. The fourth-order valence-corrected chi connectivity index (χ4v) is 2.27. The first kappa shape index (κ1) is 16.8. The van der Waals surface area contributed by atoms with Gasteiger partial charge >= 0.3 is 0 Å². The summed E-state index contributed by atoms with van der Waals surface area (Å²) in [5, 5.41) is 5.97. The van der Waals surface area contributed by atoms with Crippen molar-refractivity contribution in [2.24, 2.45) is 0 Å². The van der Waals surface area contributed by atoms with Gasteiger partial charge in [0.25, 0.3) is 5.91 Å². The minimum Gasteiger partial charge on any atom is -0.496 e. The van der Waals surface area contributed by atoms with Crippen LogP contribution in [0.3, 0.4) is 0 Å². The third-order valence-corrected chi connectivity index (χ3v) is 3.34. The molecule has 2 rings (SSSR count). The highest BCUT2D eigenvalue weighted by Gasteiger charge is 2.12. The summed E-state index contributed by atoms with van der Waals surface area (Å²) in [4.78, 5) is 23.4. The highest BCUT2D eigenvalue weighted by atomic mass is 35.5. The van der Waals surface area contributed by atoms with Crippen molar-refractivity contribution in [1.82, 2.24) is 5.32 Å². The predicted molar refractivity (Wildman–Crippen MR) is 89.9 cm³/mol. The SMILES string of the molecule is COc1ccc(Cl)cc1C(=O)NCc1cccc(NC(C)=O)c1. The molecular formula is C17H17ClN2O3. The van der Waals surface area contributed by atoms with E-state index in [4.69, 9.17) is 16.3 Å². The molecule has 2 aromatic rings. The molecule has 0 spiro atoms. The summed E-state index contributed by atoms with van der Waals surface area (Å²) in [7, 11) is 1.50. The zero-order valence-corrected chi connectivity index (χ0v) is 13.6. The first-order chi connectivity index (χ1) is 11.0. The van der Waals surface area contributed by atoms with E-state index in [0.29, 0.717) is 28.6 Å². The van der Waals surface area contributed by atoms with Crippen LogP contribution in [-0.4, -0.2) is 18.9 Å². The second-order valence-electron chi connectivity index (χ2n) is 4.91. The molecule has 0 aromatic heterocycles. The Labute approximate surface area is 139 Å². The molecule has 0 fully saturated rings. The van der Waals surface area contributed by atoms with E-state index in [2.05, 4.69) is 10.6 Å². The molecule has 0 aliphatic heterocycles. The maximum atomic E-state index is 12.3. The Hall–Kier alpha value is -2.53. The molecule has 0 heterocycles. The van der Waals surface area contributed by atoms with Gasteiger partial charge in [-0.3, -0.25) is 9.59 Å². The zero-order chi connectivity index (χ0) is 16.8. The number of hydrogen-bond acceptors (Lipinski definition) is 3. The van der Waals surface area contributed by atoms with Gasteiger partial charge in [-0.1, -0.05) is 23.7 Å². The van der Waals surface area contributed by atoms with Crippen LogP contribution in [0.1, 0.15) is 22.8 Å². The third-order valence-electron chi connectivity index (χ3n) is 3.11. The lowest BCUT2D eigenvalue weighted by Gasteiger charge is -2.10. The third kappa shape index (κ3) is 4.72. The second kappa shape index (κ2) is 7.65. The number of rotatable bonds is 5. The van der Waals surface area contributed by atoms with Gasteiger partial charge in [0.1, 0.15) is 5.75 Å². The fourth-order valence-electron chi connectivity index (χ4n) is 2.10. The Bertz CT molecular complexity index is 732. The maximum absolute atomic E-state index is 12.3. The topological polar surface area (TPSA) is 67.4 Å². The number of nitrogens with one attached hydrogen (secondary N) is 2. The molecule has 0 aliphatic carbocycles. The van der Waals surface area contributed by atoms with Crippen molar-refractivity contribution >= 4 is 29.1 Å². The zero-order valence-electron chi connectivity index (χ0n) is 12.9. The molecule has 6 heteroatoms. The molecule has 2 N–H and O–H groups in total. The predicted octanol–water partition coefficient (Wildman–Crippen LogP) is 3.24. The number of benzene rings is 2. The van der Waals surface area contributed by atoms with Crippen LogP contribution in [0.15, 0.2) is 42.5 Å². The molecule has 120 valence electrons. The summed E-state index contributed by atoms with van der Waals surface area (Å²) >= 11 is 5.93. The van der Waals surface area contributed by atoms with Crippen molar-refractivity contribution in [3.05, 3.63) is 58.6 Å². The number of amides is 2.